The van der Waals surface area contributed by atoms with Gasteiger partial charge in [-0.05, 0) is 17.7 Å². The molecule has 2 aromatic rings. The lowest BCUT2D eigenvalue weighted by molar-refractivity contribution is -0.135. The van der Waals surface area contributed by atoms with Gasteiger partial charge in [-0.1, -0.05) is 29.8 Å². The topological polar surface area (TPSA) is 101 Å². The molecule has 1 saturated heterocycles. The highest BCUT2D eigenvalue weighted by atomic mass is 35.5. The van der Waals surface area contributed by atoms with Crippen molar-refractivity contribution in [2.75, 3.05) is 63.8 Å². The van der Waals surface area contributed by atoms with Crippen molar-refractivity contribution < 1.29 is 28.6 Å². The number of urea groups is 1. The largest absolute Gasteiger partial charge is 0.495 e. The van der Waals surface area contributed by atoms with Crippen LogP contribution in [0.2, 0.25) is 5.02 Å². The van der Waals surface area contributed by atoms with Crippen LogP contribution in [-0.4, -0.2) is 81.3 Å². The minimum absolute atomic E-state index is 0.0762. The molecule has 0 radical (unpaired) electrons. The van der Waals surface area contributed by atoms with Crippen molar-refractivity contribution in [1.82, 2.24) is 9.80 Å². The Bertz CT molecular complexity index is 1120. The fourth-order valence-electron chi connectivity index (χ4n) is 4.10. The summed E-state index contributed by atoms with van der Waals surface area (Å²) in [5, 5.41) is 3.06. The van der Waals surface area contributed by atoms with Gasteiger partial charge in [0, 0.05) is 19.2 Å². The summed E-state index contributed by atoms with van der Waals surface area (Å²) in [5.41, 5.74) is 1.82. The number of hydrogen-bond acceptors (Lipinski definition) is 6. The Morgan fingerprint density at radius 2 is 1.77 bits per heavy atom. The van der Waals surface area contributed by atoms with Crippen LogP contribution in [0.5, 0.6) is 11.5 Å². The molecular formula is C24H27ClN4O6. The van der Waals surface area contributed by atoms with Crippen molar-refractivity contribution in [3.63, 3.8) is 0 Å². The quantitative estimate of drug-likeness (QED) is 0.624. The SMILES string of the molecule is COc1cc(OC)c(NC(=O)CN2C(=O)N(CC(=O)N3CCOCC3)Cc3ccccc32)cc1Cl. The van der Waals surface area contributed by atoms with Gasteiger partial charge < -0.3 is 29.3 Å². The number of methoxy groups -OCH3 is 2. The number of carbonyl (C=O) groups is 3. The third-order valence-corrected chi connectivity index (χ3v) is 6.18. The second-order valence-corrected chi connectivity index (χ2v) is 8.49. The molecule has 2 aromatic carbocycles. The fraction of sp³-hybridized carbons (Fsp3) is 0.375. The molecule has 0 bridgehead atoms. The molecule has 4 amide bonds. The average Bonchev–Trinajstić information content (AvgIpc) is 2.87. The minimum atomic E-state index is -0.450. The predicted octanol–water partition coefficient (Wildman–Crippen LogP) is 2.60. The number of fused-ring (bicyclic) bond motifs is 1. The molecule has 0 spiro atoms. The van der Waals surface area contributed by atoms with Gasteiger partial charge in [0.05, 0.1) is 50.4 Å². The standard InChI is InChI=1S/C24H27ClN4O6/c1-33-20-12-21(34-2)18(11-17(20)25)26-22(30)14-29-19-6-4-3-5-16(19)13-28(24(29)32)15-23(31)27-7-9-35-10-8-27/h3-6,11-12H,7-10,13-15H2,1-2H3,(H,26,30). The molecule has 10 nitrogen and oxygen atoms in total. The van der Waals surface area contributed by atoms with E-state index in [0.29, 0.717) is 54.2 Å². The summed E-state index contributed by atoms with van der Waals surface area (Å²) in [7, 11) is 2.94. The molecule has 1 fully saturated rings. The number of hydrogen-bond donors (Lipinski definition) is 1. The summed E-state index contributed by atoms with van der Waals surface area (Å²) >= 11 is 6.21. The van der Waals surface area contributed by atoms with Crippen LogP contribution in [0.25, 0.3) is 0 Å². The van der Waals surface area contributed by atoms with Crippen molar-refractivity contribution in [2.45, 2.75) is 6.54 Å². The fourth-order valence-corrected chi connectivity index (χ4v) is 4.34. The lowest BCUT2D eigenvalue weighted by Gasteiger charge is -2.37. The number of benzene rings is 2. The zero-order valence-corrected chi connectivity index (χ0v) is 20.3. The van der Waals surface area contributed by atoms with Crippen molar-refractivity contribution in [2.24, 2.45) is 0 Å². The van der Waals surface area contributed by atoms with Gasteiger partial charge >= 0.3 is 6.03 Å². The van der Waals surface area contributed by atoms with Gasteiger partial charge in [-0.2, -0.15) is 0 Å². The van der Waals surface area contributed by atoms with E-state index in [1.54, 1.807) is 23.1 Å². The van der Waals surface area contributed by atoms with Crippen LogP contribution in [0.3, 0.4) is 0 Å². The van der Waals surface area contributed by atoms with E-state index in [-0.39, 0.29) is 25.5 Å². The number of para-hydroxylation sites is 1. The molecule has 0 aromatic heterocycles. The number of morpholine rings is 1. The van der Waals surface area contributed by atoms with Gasteiger partial charge in [-0.3, -0.25) is 14.5 Å². The van der Waals surface area contributed by atoms with E-state index in [4.69, 9.17) is 25.8 Å². The van der Waals surface area contributed by atoms with E-state index >= 15 is 0 Å². The Morgan fingerprint density at radius 1 is 1.06 bits per heavy atom. The highest BCUT2D eigenvalue weighted by Gasteiger charge is 2.33. The zero-order chi connectivity index (χ0) is 24.9. The summed E-state index contributed by atoms with van der Waals surface area (Å²) in [6, 6.07) is 10.0. The second-order valence-electron chi connectivity index (χ2n) is 8.08. The molecule has 4 rings (SSSR count). The molecular weight excluding hydrogens is 476 g/mol. The summed E-state index contributed by atoms with van der Waals surface area (Å²) in [4.78, 5) is 43.7. The first-order valence-electron chi connectivity index (χ1n) is 11.1. The summed E-state index contributed by atoms with van der Waals surface area (Å²) in [6.07, 6.45) is 0. The normalized spacial score (nSPS) is 15.5. The highest BCUT2D eigenvalue weighted by molar-refractivity contribution is 6.32. The van der Waals surface area contributed by atoms with E-state index in [1.165, 1.54) is 30.1 Å². The lowest BCUT2D eigenvalue weighted by atomic mass is 10.1. The Morgan fingerprint density at radius 3 is 2.49 bits per heavy atom. The van der Waals surface area contributed by atoms with Crippen LogP contribution in [0.1, 0.15) is 5.56 Å². The van der Waals surface area contributed by atoms with E-state index in [9.17, 15) is 14.4 Å². The maximum absolute atomic E-state index is 13.4. The van der Waals surface area contributed by atoms with Crippen molar-refractivity contribution in [3.05, 3.63) is 47.0 Å². The first-order valence-corrected chi connectivity index (χ1v) is 11.5. The maximum atomic E-state index is 13.4. The third kappa shape index (κ3) is 5.44. The lowest BCUT2D eigenvalue weighted by Crippen LogP contribution is -2.53. The zero-order valence-electron chi connectivity index (χ0n) is 19.6. The molecule has 2 aliphatic rings. The molecule has 1 N–H and O–H groups in total. The molecule has 0 aliphatic carbocycles. The average molecular weight is 503 g/mol. The Kier molecular flexibility index (Phi) is 7.62. The number of rotatable bonds is 7. The highest BCUT2D eigenvalue weighted by Crippen LogP contribution is 2.36. The Labute approximate surface area is 208 Å². The molecule has 2 aliphatic heterocycles. The van der Waals surface area contributed by atoms with Crippen molar-refractivity contribution in [1.29, 1.82) is 0 Å². The van der Waals surface area contributed by atoms with Crippen LogP contribution >= 0.6 is 11.6 Å². The van der Waals surface area contributed by atoms with Crippen LogP contribution in [0.4, 0.5) is 16.2 Å². The minimum Gasteiger partial charge on any atom is -0.495 e. The van der Waals surface area contributed by atoms with Gasteiger partial charge in [0.1, 0.15) is 24.6 Å². The molecule has 0 atom stereocenters. The van der Waals surface area contributed by atoms with Crippen LogP contribution in [0.15, 0.2) is 36.4 Å². The number of halogens is 1. The van der Waals surface area contributed by atoms with E-state index < -0.39 is 11.9 Å². The molecule has 11 heteroatoms. The molecule has 0 unspecified atom stereocenters. The Hall–Kier alpha value is -3.50. The van der Waals surface area contributed by atoms with Gasteiger partial charge in [-0.15, -0.1) is 0 Å². The monoisotopic (exact) mass is 502 g/mol. The smallest absolute Gasteiger partial charge is 0.325 e. The van der Waals surface area contributed by atoms with Crippen molar-refractivity contribution in [3.8, 4) is 11.5 Å². The Balaban J connectivity index is 1.52. The number of amides is 4. The van der Waals surface area contributed by atoms with Gasteiger partial charge in [0.2, 0.25) is 11.8 Å². The first-order chi connectivity index (χ1) is 16.9. The third-order valence-electron chi connectivity index (χ3n) is 5.88. The van der Waals surface area contributed by atoms with E-state index in [1.807, 2.05) is 12.1 Å². The number of ether oxygens (including phenoxy) is 3. The summed E-state index contributed by atoms with van der Waals surface area (Å²) in [6.45, 7) is 1.90. The van der Waals surface area contributed by atoms with E-state index in [0.717, 1.165) is 5.56 Å². The molecule has 186 valence electrons. The van der Waals surface area contributed by atoms with E-state index in [2.05, 4.69) is 5.32 Å². The van der Waals surface area contributed by atoms with Gasteiger partial charge in [0.15, 0.2) is 0 Å². The summed E-state index contributed by atoms with van der Waals surface area (Å²) in [5.74, 6) is 0.169. The van der Waals surface area contributed by atoms with Crippen molar-refractivity contribution >= 4 is 40.8 Å². The van der Waals surface area contributed by atoms with Gasteiger partial charge in [0.25, 0.3) is 0 Å². The summed E-state index contributed by atoms with van der Waals surface area (Å²) < 4.78 is 15.8. The molecule has 35 heavy (non-hydrogen) atoms. The number of nitrogens with one attached hydrogen (secondary N) is 1. The maximum Gasteiger partial charge on any atom is 0.325 e. The molecule has 0 saturated carbocycles. The van der Waals surface area contributed by atoms with Gasteiger partial charge in [-0.25, -0.2) is 4.79 Å². The number of anilines is 2. The number of nitrogens with zero attached hydrogens (tertiary/aromatic N) is 3. The van der Waals surface area contributed by atoms with Crippen LogP contribution in [-0.2, 0) is 20.9 Å². The second kappa shape index (κ2) is 10.8. The number of carbonyl (C=O) groups excluding carboxylic acids is 3. The predicted molar refractivity (Wildman–Crippen MR) is 130 cm³/mol. The van der Waals surface area contributed by atoms with Crippen LogP contribution in [0, 0.1) is 0 Å². The van der Waals surface area contributed by atoms with Crippen LogP contribution < -0.4 is 19.7 Å². The molecule has 2 heterocycles. The first kappa shape index (κ1) is 24.6.